The maximum atomic E-state index is 13.5. The molecule has 94 valence electrons. The molecule has 1 aromatic carbocycles. The monoisotopic (exact) mass is 254 g/mol. The Bertz CT molecular complexity index is 326. The molecule has 17 heavy (non-hydrogen) atoms. The summed E-state index contributed by atoms with van der Waals surface area (Å²) in [6.45, 7) is 0. The largest absolute Gasteiger partial charge is 0.296 e. The summed E-state index contributed by atoms with van der Waals surface area (Å²) in [4.78, 5) is 11.4. The number of alkyl halides is 1. The van der Waals surface area contributed by atoms with Crippen LogP contribution in [0.4, 0.5) is 4.39 Å². The third-order valence-electron chi connectivity index (χ3n) is 2.67. The second-order valence-corrected chi connectivity index (χ2v) is 5.04. The van der Waals surface area contributed by atoms with Gasteiger partial charge in [-0.2, -0.15) is 11.8 Å². The minimum absolute atomic E-state index is 0.243. The molecule has 0 spiro atoms. The summed E-state index contributed by atoms with van der Waals surface area (Å²) in [6, 6.07) is 9.98. The highest BCUT2D eigenvalue weighted by Crippen LogP contribution is 2.11. The topological polar surface area (TPSA) is 17.1 Å². The van der Waals surface area contributed by atoms with Crippen LogP contribution in [0.3, 0.4) is 0 Å². The Morgan fingerprint density at radius 3 is 2.71 bits per heavy atom. The number of Topliss-reactive ketones (excluding diaryl/α,β-unsaturated/α-hetero) is 1. The molecule has 0 aliphatic rings. The van der Waals surface area contributed by atoms with Gasteiger partial charge in [0.05, 0.1) is 0 Å². The number of aryl methyl sites for hydroxylation is 1. The number of ketones is 1. The fourth-order valence-corrected chi connectivity index (χ4v) is 2.06. The highest BCUT2D eigenvalue weighted by atomic mass is 32.2. The van der Waals surface area contributed by atoms with Gasteiger partial charge in [0.15, 0.2) is 12.0 Å². The van der Waals surface area contributed by atoms with E-state index in [0.717, 1.165) is 18.6 Å². The van der Waals surface area contributed by atoms with Crippen molar-refractivity contribution in [1.82, 2.24) is 0 Å². The summed E-state index contributed by atoms with van der Waals surface area (Å²) in [5.74, 6) is 0.477. The average molecular weight is 254 g/mol. The summed E-state index contributed by atoms with van der Waals surface area (Å²) in [5.41, 5.74) is 1.20. The number of carbonyl (C=O) groups excluding carboxylic acids is 1. The highest BCUT2D eigenvalue weighted by Gasteiger charge is 2.15. The molecule has 0 aliphatic heterocycles. The highest BCUT2D eigenvalue weighted by molar-refractivity contribution is 7.98. The smallest absolute Gasteiger partial charge is 0.167 e. The van der Waals surface area contributed by atoms with E-state index in [9.17, 15) is 9.18 Å². The number of thioether (sulfide) groups is 1. The normalized spacial score (nSPS) is 12.4. The molecule has 0 aromatic heterocycles. The van der Waals surface area contributed by atoms with Crippen LogP contribution in [0.25, 0.3) is 0 Å². The Morgan fingerprint density at radius 1 is 1.35 bits per heavy atom. The lowest BCUT2D eigenvalue weighted by molar-refractivity contribution is -0.123. The van der Waals surface area contributed by atoms with Crippen molar-refractivity contribution in [1.29, 1.82) is 0 Å². The molecule has 3 heteroatoms. The number of hydrogen-bond acceptors (Lipinski definition) is 2. The third kappa shape index (κ3) is 5.87. The predicted molar refractivity (Wildman–Crippen MR) is 72.3 cm³/mol. The van der Waals surface area contributed by atoms with Gasteiger partial charge in [-0.05, 0) is 36.8 Å². The summed E-state index contributed by atoms with van der Waals surface area (Å²) in [5, 5.41) is 0. The predicted octanol–water partition coefficient (Wildman–Crippen LogP) is 3.67. The standard InChI is InChI=1S/C14H19FOS/c1-17-11-10-14(16)13(15)9-5-8-12-6-3-2-4-7-12/h2-4,6-7,13H,5,8-11H2,1H3/t13-/m0/s1. The van der Waals surface area contributed by atoms with E-state index in [1.165, 1.54) is 5.56 Å². The molecule has 0 N–H and O–H groups in total. The van der Waals surface area contributed by atoms with Crippen molar-refractivity contribution in [2.75, 3.05) is 12.0 Å². The average Bonchev–Trinajstić information content (AvgIpc) is 2.37. The minimum atomic E-state index is -1.27. The third-order valence-corrected chi connectivity index (χ3v) is 3.28. The van der Waals surface area contributed by atoms with Gasteiger partial charge in [-0.3, -0.25) is 4.79 Å². The molecule has 0 aliphatic carbocycles. The van der Waals surface area contributed by atoms with E-state index in [-0.39, 0.29) is 5.78 Å². The first kappa shape index (κ1) is 14.2. The van der Waals surface area contributed by atoms with Crippen LogP contribution >= 0.6 is 11.8 Å². The van der Waals surface area contributed by atoms with Crippen molar-refractivity contribution in [2.24, 2.45) is 0 Å². The molecule has 1 aromatic rings. The number of halogens is 1. The van der Waals surface area contributed by atoms with Crippen molar-refractivity contribution in [3.63, 3.8) is 0 Å². The van der Waals surface area contributed by atoms with Crippen molar-refractivity contribution in [3.8, 4) is 0 Å². The van der Waals surface area contributed by atoms with E-state index >= 15 is 0 Å². The number of carbonyl (C=O) groups is 1. The Labute approximate surface area is 107 Å². The molecule has 1 rings (SSSR count). The molecular formula is C14H19FOS. The molecular weight excluding hydrogens is 235 g/mol. The van der Waals surface area contributed by atoms with Gasteiger partial charge in [-0.15, -0.1) is 0 Å². The molecule has 0 radical (unpaired) electrons. The fraction of sp³-hybridized carbons (Fsp3) is 0.500. The zero-order valence-electron chi connectivity index (χ0n) is 10.2. The van der Waals surface area contributed by atoms with Crippen LogP contribution in [-0.4, -0.2) is 24.0 Å². The van der Waals surface area contributed by atoms with E-state index in [1.807, 2.05) is 36.6 Å². The van der Waals surface area contributed by atoms with Crippen LogP contribution in [0, 0.1) is 0 Å². The molecule has 0 bridgehead atoms. The zero-order chi connectivity index (χ0) is 12.5. The lowest BCUT2D eigenvalue weighted by Crippen LogP contribution is -2.16. The second-order valence-electron chi connectivity index (χ2n) is 4.05. The summed E-state index contributed by atoms with van der Waals surface area (Å²) in [6.07, 6.45) is 2.93. The van der Waals surface area contributed by atoms with Gasteiger partial charge < -0.3 is 0 Å². The van der Waals surface area contributed by atoms with Crippen LogP contribution in [-0.2, 0) is 11.2 Å². The van der Waals surface area contributed by atoms with E-state index in [0.29, 0.717) is 12.8 Å². The molecule has 0 amide bonds. The SMILES string of the molecule is CSCCC(=O)[C@@H](F)CCCc1ccccc1. The lowest BCUT2D eigenvalue weighted by atomic mass is 10.0. The minimum Gasteiger partial charge on any atom is -0.296 e. The zero-order valence-corrected chi connectivity index (χ0v) is 11.0. The molecule has 0 unspecified atom stereocenters. The summed E-state index contributed by atoms with van der Waals surface area (Å²) in [7, 11) is 0. The van der Waals surface area contributed by atoms with Gasteiger partial charge in [0.1, 0.15) is 0 Å². The Hall–Kier alpha value is -0.830. The van der Waals surface area contributed by atoms with Crippen molar-refractivity contribution in [3.05, 3.63) is 35.9 Å². The van der Waals surface area contributed by atoms with Crippen LogP contribution in [0.2, 0.25) is 0 Å². The fourth-order valence-electron chi connectivity index (χ4n) is 1.65. The summed E-state index contributed by atoms with van der Waals surface area (Å²) >= 11 is 1.58. The van der Waals surface area contributed by atoms with Gasteiger partial charge in [-0.1, -0.05) is 30.3 Å². The van der Waals surface area contributed by atoms with E-state index in [4.69, 9.17) is 0 Å². The van der Waals surface area contributed by atoms with Gasteiger partial charge >= 0.3 is 0 Å². The van der Waals surface area contributed by atoms with Gasteiger partial charge in [-0.25, -0.2) is 4.39 Å². The molecule has 0 fully saturated rings. The van der Waals surface area contributed by atoms with Crippen LogP contribution < -0.4 is 0 Å². The maximum absolute atomic E-state index is 13.5. The van der Waals surface area contributed by atoms with E-state index in [1.54, 1.807) is 11.8 Å². The van der Waals surface area contributed by atoms with Gasteiger partial charge in [0.25, 0.3) is 0 Å². The second kappa shape index (κ2) is 8.29. The molecule has 1 atom stereocenters. The lowest BCUT2D eigenvalue weighted by Gasteiger charge is -2.06. The van der Waals surface area contributed by atoms with E-state index in [2.05, 4.69) is 0 Å². The van der Waals surface area contributed by atoms with Crippen LogP contribution in [0.15, 0.2) is 30.3 Å². The Morgan fingerprint density at radius 2 is 2.06 bits per heavy atom. The number of benzene rings is 1. The Balaban J connectivity index is 2.20. The molecule has 1 nitrogen and oxygen atoms in total. The summed E-state index contributed by atoms with van der Waals surface area (Å²) < 4.78 is 13.5. The van der Waals surface area contributed by atoms with Gasteiger partial charge in [0.2, 0.25) is 0 Å². The Kier molecular flexibility index (Phi) is 6.94. The molecule has 0 saturated carbocycles. The van der Waals surface area contributed by atoms with Crippen molar-refractivity contribution >= 4 is 17.5 Å². The quantitative estimate of drug-likeness (QED) is 0.704. The molecule has 0 heterocycles. The number of rotatable bonds is 8. The number of hydrogen-bond donors (Lipinski definition) is 0. The van der Waals surface area contributed by atoms with Gasteiger partial charge in [0, 0.05) is 6.42 Å². The van der Waals surface area contributed by atoms with Crippen molar-refractivity contribution in [2.45, 2.75) is 31.9 Å². The molecule has 0 saturated heterocycles. The van der Waals surface area contributed by atoms with Crippen LogP contribution in [0.1, 0.15) is 24.8 Å². The van der Waals surface area contributed by atoms with Crippen LogP contribution in [0.5, 0.6) is 0 Å². The van der Waals surface area contributed by atoms with E-state index < -0.39 is 6.17 Å². The first-order chi connectivity index (χ1) is 8.24. The van der Waals surface area contributed by atoms with Crippen molar-refractivity contribution < 1.29 is 9.18 Å². The maximum Gasteiger partial charge on any atom is 0.167 e. The first-order valence-corrected chi connectivity index (χ1v) is 7.33. The first-order valence-electron chi connectivity index (χ1n) is 5.93.